The second kappa shape index (κ2) is 7.47. The van der Waals surface area contributed by atoms with Crippen molar-refractivity contribution in [2.75, 3.05) is 20.2 Å². The number of methoxy groups -OCH3 is 1. The summed E-state index contributed by atoms with van der Waals surface area (Å²) in [7, 11) is 1.32. The van der Waals surface area contributed by atoms with Gasteiger partial charge in [0, 0.05) is 19.5 Å². The van der Waals surface area contributed by atoms with E-state index in [1.807, 2.05) is 0 Å². The van der Waals surface area contributed by atoms with Gasteiger partial charge in [-0.15, -0.1) is 0 Å². The summed E-state index contributed by atoms with van der Waals surface area (Å²) in [6.45, 7) is 7.79. The highest BCUT2D eigenvalue weighted by Crippen LogP contribution is 2.19. The summed E-state index contributed by atoms with van der Waals surface area (Å²) in [4.78, 5) is 37.1. The molecule has 7 heteroatoms. The fourth-order valence-electron chi connectivity index (χ4n) is 2.44. The Balaban J connectivity index is 2.73. The summed E-state index contributed by atoms with van der Waals surface area (Å²) in [5.41, 5.74) is -0.598. The van der Waals surface area contributed by atoms with Crippen molar-refractivity contribution in [3.05, 3.63) is 0 Å². The average molecular weight is 314 g/mol. The molecule has 0 aliphatic carbocycles. The molecule has 2 unspecified atom stereocenters. The van der Waals surface area contributed by atoms with Gasteiger partial charge in [-0.3, -0.25) is 9.59 Å². The topological polar surface area (TPSA) is 84.9 Å². The smallest absolute Gasteiger partial charge is 0.407 e. The van der Waals surface area contributed by atoms with Crippen molar-refractivity contribution in [1.29, 1.82) is 0 Å². The summed E-state index contributed by atoms with van der Waals surface area (Å²) in [6.07, 6.45) is 0.235. The van der Waals surface area contributed by atoms with Gasteiger partial charge in [-0.1, -0.05) is 6.92 Å². The van der Waals surface area contributed by atoms with Gasteiger partial charge in [0.15, 0.2) is 0 Å². The van der Waals surface area contributed by atoms with Gasteiger partial charge < -0.3 is 19.7 Å². The van der Waals surface area contributed by atoms with Crippen LogP contribution < -0.4 is 5.32 Å². The number of esters is 1. The van der Waals surface area contributed by atoms with Gasteiger partial charge in [0.25, 0.3) is 0 Å². The molecule has 1 aliphatic heterocycles. The molecule has 1 heterocycles. The van der Waals surface area contributed by atoms with Crippen molar-refractivity contribution in [2.45, 2.75) is 52.2 Å². The van der Waals surface area contributed by atoms with Gasteiger partial charge in [0.1, 0.15) is 5.60 Å². The van der Waals surface area contributed by atoms with E-state index in [1.54, 1.807) is 32.6 Å². The van der Waals surface area contributed by atoms with Gasteiger partial charge in [0.2, 0.25) is 5.91 Å². The Morgan fingerprint density at radius 3 is 2.36 bits per heavy atom. The predicted octanol–water partition coefficient (Wildman–Crippen LogP) is 1.31. The van der Waals surface area contributed by atoms with Crippen LogP contribution in [0.4, 0.5) is 4.79 Å². The van der Waals surface area contributed by atoms with Crippen LogP contribution in [0.2, 0.25) is 0 Å². The Labute approximate surface area is 131 Å². The zero-order valence-corrected chi connectivity index (χ0v) is 14.0. The Bertz CT molecular complexity index is 406. The van der Waals surface area contributed by atoms with E-state index in [0.29, 0.717) is 25.9 Å². The lowest BCUT2D eigenvalue weighted by atomic mass is 9.94. The van der Waals surface area contributed by atoms with E-state index in [2.05, 4.69) is 5.32 Å². The van der Waals surface area contributed by atoms with Crippen LogP contribution in [0.1, 0.15) is 40.5 Å². The maximum atomic E-state index is 11.9. The SMILES string of the molecule is CCC(=O)N1CC(NC(=O)OC(C)(C)C)CC(C(=O)OC)C1. The number of amides is 2. The average Bonchev–Trinajstić information content (AvgIpc) is 2.42. The summed E-state index contributed by atoms with van der Waals surface area (Å²) in [5, 5.41) is 2.73. The lowest BCUT2D eigenvalue weighted by Crippen LogP contribution is -2.54. The van der Waals surface area contributed by atoms with Crippen molar-refractivity contribution < 1.29 is 23.9 Å². The van der Waals surface area contributed by atoms with Crippen LogP contribution >= 0.6 is 0 Å². The molecule has 0 spiro atoms. The van der Waals surface area contributed by atoms with Crippen LogP contribution in [0.25, 0.3) is 0 Å². The molecular formula is C15H26N2O5. The third kappa shape index (κ3) is 5.54. The fourth-order valence-corrected chi connectivity index (χ4v) is 2.44. The molecule has 126 valence electrons. The number of likely N-dealkylation sites (tertiary alicyclic amines) is 1. The minimum atomic E-state index is -0.598. The van der Waals surface area contributed by atoms with E-state index in [9.17, 15) is 14.4 Å². The van der Waals surface area contributed by atoms with Crippen molar-refractivity contribution in [3.63, 3.8) is 0 Å². The molecule has 0 bridgehead atoms. The first-order chi connectivity index (χ1) is 10.2. The third-order valence-corrected chi connectivity index (χ3v) is 3.36. The Kier molecular flexibility index (Phi) is 6.20. The van der Waals surface area contributed by atoms with Crippen LogP contribution in [0.15, 0.2) is 0 Å². The molecule has 1 N–H and O–H groups in total. The second-order valence-corrected chi connectivity index (χ2v) is 6.45. The van der Waals surface area contributed by atoms with Crippen LogP contribution in [0.3, 0.4) is 0 Å². The minimum absolute atomic E-state index is 0.0513. The number of carbonyl (C=O) groups excluding carboxylic acids is 3. The molecule has 0 aromatic rings. The highest BCUT2D eigenvalue weighted by molar-refractivity contribution is 5.78. The molecule has 0 aromatic carbocycles. The van der Waals surface area contributed by atoms with Crippen molar-refractivity contribution >= 4 is 18.0 Å². The summed E-state index contributed by atoms with van der Waals surface area (Å²) < 4.78 is 9.98. The molecule has 0 aromatic heterocycles. The van der Waals surface area contributed by atoms with Crippen LogP contribution in [0.5, 0.6) is 0 Å². The standard InChI is InChI=1S/C15H26N2O5/c1-6-12(18)17-8-10(13(19)21-5)7-11(9-17)16-14(20)22-15(2,3)4/h10-11H,6-9H2,1-5H3,(H,16,20). The molecule has 2 atom stereocenters. The zero-order chi connectivity index (χ0) is 16.9. The monoisotopic (exact) mass is 314 g/mol. The largest absolute Gasteiger partial charge is 0.469 e. The number of alkyl carbamates (subject to hydrolysis) is 1. The van der Waals surface area contributed by atoms with E-state index in [4.69, 9.17) is 9.47 Å². The summed E-state index contributed by atoms with van der Waals surface area (Å²) in [5.74, 6) is -0.858. The number of ether oxygens (including phenoxy) is 2. The Hall–Kier alpha value is -1.79. The number of hydrogen-bond donors (Lipinski definition) is 1. The van der Waals surface area contributed by atoms with E-state index < -0.39 is 17.6 Å². The molecule has 0 saturated carbocycles. The van der Waals surface area contributed by atoms with Gasteiger partial charge in [-0.05, 0) is 27.2 Å². The maximum Gasteiger partial charge on any atom is 0.407 e. The first-order valence-electron chi connectivity index (χ1n) is 7.51. The lowest BCUT2D eigenvalue weighted by molar-refractivity contribution is -0.149. The number of piperidine rings is 1. The zero-order valence-electron chi connectivity index (χ0n) is 14.0. The molecule has 22 heavy (non-hydrogen) atoms. The fraction of sp³-hybridized carbons (Fsp3) is 0.800. The van der Waals surface area contributed by atoms with Gasteiger partial charge in [0.05, 0.1) is 19.1 Å². The van der Waals surface area contributed by atoms with E-state index in [1.165, 1.54) is 7.11 Å². The van der Waals surface area contributed by atoms with Crippen molar-refractivity contribution in [3.8, 4) is 0 Å². The Morgan fingerprint density at radius 1 is 1.23 bits per heavy atom. The van der Waals surface area contributed by atoms with Crippen LogP contribution in [-0.2, 0) is 19.1 Å². The molecule has 1 rings (SSSR count). The molecule has 1 fully saturated rings. The first-order valence-corrected chi connectivity index (χ1v) is 7.51. The second-order valence-electron chi connectivity index (χ2n) is 6.45. The maximum absolute atomic E-state index is 11.9. The van der Waals surface area contributed by atoms with Gasteiger partial charge >= 0.3 is 12.1 Å². The number of rotatable bonds is 3. The Morgan fingerprint density at radius 2 is 1.86 bits per heavy atom. The van der Waals surface area contributed by atoms with E-state index in [0.717, 1.165) is 0 Å². The number of nitrogens with one attached hydrogen (secondary N) is 1. The molecule has 1 aliphatic rings. The first kappa shape index (κ1) is 18.3. The third-order valence-electron chi connectivity index (χ3n) is 3.36. The molecule has 2 amide bonds. The number of hydrogen-bond acceptors (Lipinski definition) is 5. The molecule has 0 radical (unpaired) electrons. The van der Waals surface area contributed by atoms with Crippen molar-refractivity contribution in [2.24, 2.45) is 5.92 Å². The highest BCUT2D eigenvalue weighted by Gasteiger charge is 2.35. The molecule has 7 nitrogen and oxygen atoms in total. The van der Waals surface area contributed by atoms with Crippen LogP contribution in [0, 0.1) is 5.92 Å². The van der Waals surface area contributed by atoms with Gasteiger partial charge in [-0.25, -0.2) is 4.79 Å². The number of nitrogens with zero attached hydrogens (tertiary/aromatic N) is 1. The summed E-state index contributed by atoms with van der Waals surface area (Å²) in [6, 6.07) is -0.330. The number of carbonyl (C=O) groups is 3. The summed E-state index contributed by atoms with van der Waals surface area (Å²) >= 11 is 0. The normalized spacial score (nSPS) is 22.0. The minimum Gasteiger partial charge on any atom is -0.469 e. The molecule has 1 saturated heterocycles. The van der Waals surface area contributed by atoms with Gasteiger partial charge in [-0.2, -0.15) is 0 Å². The quantitative estimate of drug-likeness (QED) is 0.794. The lowest BCUT2D eigenvalue weighted by Gasteiger charge is -2.37. The predicted molar refractivity (Wildman–Crippen MR) is 80.2 cm³/mol. The highest BCUT2D eigenvalue weighted by atomic mass is 16.6. The van der Waals surface area contributed by atoms with Crippen LogP contribution in [-0.4, -0.2) is 54.7 Å². The molecular weight excluding hydrogens is 288 g/mol. The van der Waals surface area contributed by atoms with E-state index in [-0.39, 0.29) is 17.9 Å². The van der Waals surface area contributed by atoms with Crippen molar-refractivity contribution in [1.82, 2.24) is 10.2 Å². The van der Waals surface area contributed by atoms with E-state index >= 15 is 0 Å².